The number of hydrogen-bond acceptors (Lipinski definition) is 9. The fourth-order valence-electron chi connectivity index (χ4n) is 5.26. The Bertz CT molecular complexity index is 604. The van der Waals surface area contributed by atoms with Crippen molar-refractivity contribution in [2.75, 3.05) is 26.4 Å². The number of carbonyl (C=O) groups is 1. The van der Waals surface area contributed by atoms with E-state index in [4.69, 9.17) is 18.9 Å². The molecule has 41 heavy (non-hydrogen) atoms. The third-order valence-corrected chi connectivity index (χ3v) is 7.82. The summed E-state index contributed by atoms with van der Waals surface area (Å²) in [6.45, 7) is 3.59. The van der Waals surface area contributed by atoms with E-state index in [9.17, 15) is 25.2 Å². The average molecular weight is 591 g/mol. The topological polar surface area (TPSA) is 135 Å². The summed E-state index contributed by atoms with van der Waals surface area (Å²) in [5.74, 6) is -0.487. The first-order valence-corrected chi connectivity index (χ1v) is 16.6. The number of rotatable bonds is 27. The smallest absolute Gasteiger partial charge is 0.303 e. The van der Waals surface area contributed by atoms with Crippen molar-refractivity contribution < 1.29 is 44.2 Å². The van der Waals surface area contributed by atoms with Crippen LogP contribution in [0.3, 0.4) is 0 Å². The van der Waals surface area contributed by atoms with E-state index in [0.29, 0.717) is 6.61 Å². The van der Waals surface area contributed by atoms with Crippen LogP contribution in [-0.2, 0) is 23.7 Å². The van der Waals surface area contributed by atoms with Crippen molar-refractivity contribution in [1.82, 2.24) is 0 Å². The van der Waals surface area contributed by atoms with E-state index in [0.717, 1.165) is 12.8 Å². The van der Waals surface area contributed by atoms with Gasteiger partial charge in [-0.15, -0.1) is 0 Å². The number of carbonyl (C=O) groups excluding carboxylic acids is 1. The molecule has 1 saturated heterocycles. The number of aliphatic hydroxyl groups excluding tert-OH is 4. The van der Waals surface area contributed by atoms with Crippen molar-refractivity contribution in [2.24, 2.45) is 0 Å². The number of ether oxygens (including phenoxy) is 4. The van der Waals surface area contributed by atoms with Gasteiger partial charge in [-0.3, -0.25) is 4.79 Å². The zero-order chi connectivity index (χ0) is 30.1. The summed E-state index contributed by atoms with van der Waals surface area (Å²) in [7, 11) is 0. The van der Waals surface area contributed by atoms with Crippen molar-refractivity contribution in [3.8, 4) is 0 Å². The lowest BCUT2D eigenvalue weighted by molar-refractivity contribution is -0.305. The third-order valence-electron chi connectivity index (χ3n) is 7.82. The van der Waals surface area contributed by atoms with Gasteiger partial charge >= 0.3 is 5.97 Å². The Kier molecular flexibility index (Phi) is 23.9. The molecule has 1 aliphatic rings. The Morgan fingerprint density at radius 1 is 0.683 bits per heavy atom. The molecule has 9 heteroatoms. The minimum Gasteiger partial charge on any atom is -0.458 e. The molecule has 4 N–H and O–H groups in total. The predicted molar refractivity (Wildman–Crippen MR) is 159 cm³/mol. The van der Waals surface area contributed by atoms with E-state index in [2.05, 4.69) is 6.92 Å². The summed E-state index contributed by atoms with van der Waals surface area (Å²) in [4.78, 5) is 11.5. The molecule has 6 unspecified atom stereocenters. The lowest BCUT2D eigenvalue weighted by atomic mass is 9.99. The first kappa shape index (κ1) is 38.2. The number of esters is 1. The van der Waals surface area contributed by atoms with Gasteiger partial charge in [0.2, 0.25) is 0 Å². The molecular formula is C32H62O9. The molecule has 1 fully saturated rings. The maximum absolute atomic E-state index is 11.5. The molecule has 0 bridgehead atoms. The predicted octanol–water partition coefficient (Wildman–Crippen LogP) is 5.18. The van der Waals surface area contributed by atoms with Crippen LogP contribution >= 0.6 is 0 Å². The van der Waals surface area contributed by atoms with Crippen molar-refractivity contribution in [1.29, 1.82) is 0 Å². The van der Waals surface area contributed by atoms with E-state index in [1.54, 1.807) is 0 Å². The average Bonchev–Trinajstić information content (AvgIpc) is 2.95. The molecule has 0 saturated carbocycles. The monoisotopic (exact) mass is 590 g/mol. The molecule has 244 valence electrons. The minimum absolute atomic E-state index is 0.124. The Labute approximate surface area is 249 Å². The summed E-state index contributed by atoms with van der Waals surface area (Å²) in [5, 5.41) is 39.1. The molecule has 0 radical (unpaired) electrons. The molecule has 0 aromatic heterocycles. The van der Waals surface area contributed by atoms with Gasteiger partial charge in [0.1, 0.15) is 30.5 Å². The van der Waals surface area contributed by atoms with E-state index >= 15 is 0 Å². The van der Waals surface area contributed by atoms with Gasteiger partial charge in [-0.05, 0) is 6.42 Å². The van der Waals surface area contributed by atoms with Crippen LogP contribution in [-0.4, -0.2) is 89.6 Å². The molecule has 1 heterocycles. The second-order valence-electron chi connectivity index (χ2n) is 11.7. The van der Waals surface area contributed by atoms with Crippen LogP contribution < -0.4 is 0 Å². The van der Waals surface area contributed by atoms with Crippen LogP contribution in [0.25, 0.3) is 0 Å². The quantitative estimate of drug-likeness (QED) is 0.0754. The summed E-state index contributed by atoms with van der Waals surface area (Å²) in [6, 6.07) is 0. The molecule has 9 nitrogen and oxygen atoms in total. The van der Waals surface area contributed by atoms with Crippen LogP contribution in [0.1, 0.15) is 136 Å². The largest absolute Gasteiger partial charge is 0.458 e. The van der Waals surface area contributed by atoms with Gasteiger partial charge in [0.25, 0.3) is 0 Å². The van der Waals surface area contributed by atoms with Gasteiger partial charge in [-0.1, -0.05) is 122 Å². The first-order valence-electron chi connectivity index (χ1n) is 16.6. The maximum atomic E-state index is 11.5. The number of aliphatic hydroxyl groups is 4. The maximum Gasteiger partial charge on any atom is 0.303 e. The summed E-state index contributed by atoms with van der Waals surface area (Å²) in [5.41, 5.74) is 0. The molecule has 0 amide bonds. The van der Waals surface area contributed by atoms with Gasteiger partial charge in [0.05, 0.1) is 19.8 Å². The molecular weight excluding hydrogens is 528 g/mol. The van der Waals surface area contributed by atoms with Crippen LogP contribution in [0.15, 0.2) is 0 Å². The summed E-state index contributed by atoms with van der Waals surface area (Å²) in [6.07, 6.45) is 17.7. The van der Waals surface area contributed by atoms with Crippen molar-refractivity contribution in [2.45, 2.75) is 173 Å². The van der Waals surface area contributed by atoms with Crippen molar-refractivity contribution in [3.63, 3.8) is 0 Å². The van der Waals surface area contributed by atoms with Crippen LogP contribution in [0.2, 0.25) is 0 Å². The van der Waals surface area contributed by atoms with Crippen LogP contribution in [0.5, 0.6) is 0 Å². The summed E-state index contributed by atoms with van der Waals surface area (Å²) >= 11 is 0. The zero-order valence-electron chi connectivity index (χ0n) is 26.1. The Hall–Kier alpha value is -0.810. The second kappa shape index (κ2) is 25.7. The van der Waals surface area contributed by atoms with Crippen molar-refractivity contribution in [3.05, 3.63) is 0 Å². The SMILES string of the molecule is CCCCCCCCCCCCCCCCCCCCCOCC(COC1OC(CO)C(O)C(O)C1O)OC(C)=O. The zero-order valence-corrected chi connectivity index (χ0v) is 26.1. The lowest BCUT2D eigenvalue weighted by Crippen LogP contribution is -2.59. The van der Waals surface area contributed by atoms with E-state index in [1.165, 1.54) is 116 Å². The fourth-order valence-corrected chi connectivity index (χ4v) is 5.26. The fraction of sp³-hybridized carbons (Fsp3) is 0.969. The molecule has 1 aliphatic heterocycles. The van der Waals surface area contributed by atoms with E-state index < -0.39 is 49.4 Å². The molecule has 0 aliphatic carbocycles. The Balaban J connectivity index is 1.97. The second-order valence-corrected chi connectivity index (χ2v) is 11.7. The molecule has 0 spiro atoms. The molecule has 0 aromatic carbocycles. The third kappa shape index (κ3) is 19.2. The molecule has 0 aromatic rings. The Morgan fingerprint density at radius 2 is 1.15 bits per heavy atom. The highest BCUT2D eigenvalue weighted by atomic mass is 16.7. The minimum atomic E-state index is -1.52. The number of unbranched alkanes of at least 4 members (excludes halogenated alkanes) is 18. The highest BCUT2D eigenvalue weighted by molar-refractivity contribution is 5.66. The molecule has 1 rings (SSSR count). The number of hydrogen-bond donors (Lipinski definition) is 4. The molecule has 6 atom stereocenters. The standard InChI is InChI=1S/C32H62O9/c1-3-4-5-6-7-8-9-10-11-12-13-14-15-16-17-18-19-20-21-22-38-24-27(40-26(2)34)25-39-32-31(37)30(36)29(35)28(23-33)41-32/h27-33,35-37H,3-25H2,1-2H3. The van der Waals surface area contributed by atoms with Gasteiger partial charge in [-0.25, -0.2) is 0 Å². The highest BCUT2D eigenvalue weighted by Crippen LogP contribution is 2.22. The highest BCUT2D eigenvalue weighted by Gasteiger charge is 2.44. The van der Waals surface area contributed by atoms with Crippen molar-refractivity contribution >= 4 is 5.97 Å². The van der Waals surface area contributed by atoms with Gasteiger partial charge in [0, 0.05) is 13.5 Å². The van der Waals surface area contributed by atoms with Gasteiger partial charge in [0.15, 0.2) is 6.29 Å². The first-order chi connectivity index (χ1) is 19.9. The summed E-state index contributed by atoms with van der Waals surface area (Å²) < 4.78 is 21.7. The normalized spacial score (nSPS) is 23.5. The van der Waals surface area contributed by atoms with Crippen LogP contribution in [0.4, 0.5) is 0 Å². The van der Waals surface area contributed by atoms with E-state index in [-0.39, 0.29) is 13.2 Å². The van der Waals surface area contributed by atoms with E-state index in [1.807, 2.05) is 0 Å². The van der Waals surface area contributed by atoms with Gasteiger partial charge < -0.3 is 39.4 Å². The lowest BCUT2D eigenvalue weighted by Gasteiger charge is -2.39. The van der Waals surface area contributed by atoms with Gasteiger partial charge in [-0.2, -0.15) is 0 Å². The Morgan fingerprint density at radius 3 is 1.59 bits per heavy atom. The van der Waals surface area contributed by atoms with Crippen LogP contribution in [0, 0.1) is 0 Å².